The highest BCUT2D eigenvalue weighted by Crippen LogP contribution is 2.25. The first-order chi connectivity index (χ1) is 12.0. The fourth-order valence-electron chi connectivity index (χ4n) is 2.83. The molecule has 0 bridgehead atoms. The van der Waals surface area contributed by atoms with Gasteiger partial charge in [-0.3, -0.25) is 9.36 Å². The molecule has 4 nitrogen and oxygen atoms in total. The molecule has 0 unspecified atom stereocenters. The number of carbonyl (C=O) groups excluding carboxylic acids is 1. The average molecular weight is 347 g/mol. The molecule has 0 fully saturated rings. The zero-order valence-corrected chi connectivity index (χ0v) is 15.1. The standard InChI is InChI=1S/C20H17N3OS/c1-13-6-4-5-7-18(13)19(24)17(12-21)11-16-10-14(2)23(15(16)3)20-22-8-9-25-20/h4-11H,1-3H3/b17-11+. The fraction of sp³-hybridized carbons (Fsp3) is 0.150. The molecular weight excluding hydrogens is 330 g/mol. The lowest BCUT2D eigenvalue weighted by Crippen LogP contribution is -2.04. The van der Waals surface area contributed by atoms with Crippen molar-refractivity contribution in [3.63, 3.8) is 0 Å². The number of thiazole rings is 1. The molecule has 0 saturated carbocycles. The van der Waals surface area contributed by atoms with E-state index in [0.29, 0.717) is 5.56 Å². The maximum absolute atomic E-state index is 12.7. The molecule has 1 aromatic carbocycles. The molecule has 5 heteroatoms. The predicted molar refractivity (Wildman–Crippen MR) is 100 cm³/mol. The van der Waals surface area contributed by atoms with Crippen molar-refractivity contribution in [3.8, 4) is 11.2 Å². The van der Waals surface area contributed by atoms with Crippen LogP contribution in [0.1, 0.15) is 32.9 Å². The number of nitrogens with zero attached hydrogens (tertiary/aromatic N) is 3. The molecule has 0 N–H and O–H groups in total. The number of rotatable bonds is 4. The highest BCUT2D eigenvalue weighted by molar-refractivity contribution is 7.12. The van der Waals surface area contributed by atoms with Gasteiger partial charge in [0.15, 0.2) is 5.13 Å². The van der Waals surface area contributed by atoms with Gasteiger partial charge in [-0.2, -0.15) is 5.26 Å². The second-order valence-corrected chi connectivity index (χ2v) is 6.66. The third-order valence-corrected chi connectivity index (χ3v) is 4.89. The molecule has 0 aliphatic carbocycles. The molecule has 3 aromatic rings. The van der Waals surface area contributed by atoms with E-state index >= 15 is 0 Å². The van der Waals surface area contributed by atoms with Crippen LogP contribution in [0, 0.1) is 32.1 Å². The lowest BCUT2D eigenvalue weighted by Gasteiger charge is -2.05. The summed E-state index contributed by atoms with van der Waals surface area (Å²) < 4.78 is 2.03. The number of aryl methyl sites for hydroxylation is 2. The summed E-state index contributed by atoms with van der Waals surface area (Å²) in [4.78, 5) is 17.1. The van der Waals surface area contributed by atoms with E-state index in [1.165, 1.54) is 0 Å². The number of aromatic nitrogens is 2. The van der Waals surface area contributed by atoms with E-state index in [9.17, 15) is 10.1 Å². The van der Waals surface area contributed by atoms with E-state index in [1.54, 1.807) is 29.7 Å². The van der Waals surface area contributed by atoms with E-state index in [-0.39, 0.29) is 11.4 Å². The number of hydrogen-bond acceptors (Lipinski definition) is 4. The Morgan fingerprint density at radius 3 is 2.68 bits per heavy atom. The van der Waals surface area contributed by atoms with Crippen LogP contribution < -0.4 is 0 Å². The number of hydrogen-bond donors (Lipinski definition) is 0. The number of Topliss-reactive ketones (excluding diaryl/α,β-unsaturated/α-hetero) is 1. The average Bonchev–Trinajstić information content (AvgIpc) is 3.20. The van der Waals surface area contributed by atoms with E-state index < -0.39 is 0 Å². The largest absolute Gasteiger partial charge is 0.294 e. The summed E-state index contributed by atoms with van der Waals surface area (Å²) in [5, 5.41) is 12.3. The smallest absolute Gasteiger partial charge is 0.203 e. The third kappa shape index (κ3) is 3.17. The first kappa shape index (κ1) is 16.9. The molecule has 0 saturated heterocycles. The molecule has 0 spiro atoms. The zero-order valence-electron chi connectivity index (χ0n) is 14.3. The molecule has 0 aliphatic heterocycles. The molecular formula is C20H17N3OS. The molecule has 124 valence electrons. The topological polar surface area (TPSA) is 58.7 Å². The van der Waals surface area contributed by atoms with E-state index in [2.05, 4.69) is 11.1 Å². The Balaban J connectivity index is 2.05. The number of carbonyl (C=O) groups is 1. The lowest BCUT2D eigenvalue weighted by atomic mass is 9.98. The zero-order chi connectivity index (χ0) is 18.0. The summed E-state index contributed by atoms with van der Waals surface area (Å²) in [6, 6.07) is 11.3. The summed E-state index contributed by atoms with van der Waals surface area (Å²) in [6.45, 7) is 5.82. The van der Waals surface area contributed by atoms with E-state index in [4.69, 9.17) is 0 Å². The predicted octanol–water partition coefficient (Wildman–Crippen LogP) is 4.65. The van der Waals surface area contributed by atoms with Crippen LogP contribution in [0.2, 0.25) is 0 Å². The van der Waals surface area contributed by atoms with Crippen molar-refractivity contribution < 1.29 is 4.79 Å². The van der Waals surface area contributed by atoms with Crippen LogP contribution in [0.3, 0.4) is 0 Å². The quantitative estimate of drug-likeness (QED) is 0.392. The van der Waals surface area contributed by atoms with Crippen LogP contribution >= 0.6 is 11.3 Å². The van der Waals surface area contributed by atoms with Gasteiger partial charge in [0.1, 0.15) is 11.6 Å². The van der Waals surface area contributed by atoms with Crippen LogP contribution in [0.5, 0.6) is 0 Å². The summed E-state index contributed by atoms with van der Waals surface area (Å²) in [7, 11) is 0. The second kappa shape index (κ2) is 6.88. The highest BCUT2D eigenvalue weighted by Gasteiger charge is 2.17. The highest BCUT2D eigenvalue weighted by atomic mass is 32.1. The number of allylic oxidation sites excluding steroid dienone is 1. The van der Waals surface area contributed by atoms with Crippen molar-refractivity contribution >= 4 is 23.2 Å². The Bertz CT molecular complexity index is 1000. The Kier molecular flexibility index (Phi) is 4.64. The number of nitriles is 1. The van der Waals surface area contributed by atoms with Crippen LogP contribution in [-0.2, 0) is 0 Å². The molecule has 2 heterocycles. The third-order valence-electron chi connectivity index (χ3n) is 4.14. The van der Waals surface area contributed by atoms with Crippen LogP contribution in [-0.4, -0.2) is 15.3 Å². The summed E-state index contributed by atoms with van der Waals surface area (Å²) in [5.41, 5.74) is 4.38. The summed E-state index contributed by atoms with van der Waals surface area (Å²) >= 11 is 1.55. The van der Waals surface area contributed by atoms with Crippen molar-refractivity contribution in [2.75, 3.05) is 0 Å². The van der Waals surface area contributed by atoms with Crippen LogP contribution in [0.4, 0.5) is 0 Å². The van der Waals surface area contributed by atoms with Crippen molar-refractivity contribution in [1.82, 2.24) is 9.55 Å². The molecule has 0 radical (unpaired) electrons. The minimum Gasteiger partial charge on any atom is -0.294 e. The fourth-order valence-corrected chi connectivity index (χ4v) is 3.58. The van der Waals surface area contributed by atoms with Gasteiger partial charge in [-0.15, -0.1) is 11.3 Å². The van der Waals surface area contributed by atoms with Crippen molar-refractivity contribution in [2.45, 2.75) is 20.8 Å². The van der Waals surface area contributed by atoms with Gasteiger partial charge in [-0.05, 0) is 44.0 Å². The van der Waals surface area contributed by atoms with Gasteiger partial charge in [0.25, 0.3) is 0 Å². The first-order valence-corrected chi connectivity index (χ1v) is 8.72. The Labute approximate surface area is 150 Å². The van der Waals surface area contributed by atoms with E-state index in [1.807, 2.05) is 55.0 Å². The second-order valence-electron chi connectivity index (χ2n) is 5.79. The monoisotopic (exact) mass is 347 g/mol. The molecule has 0 amide bonds. The number of benzene rings is 1. The van der Waals surface area contributed by atoms with Crippen molar-refractivity contribution in [3.05, 3.63) is 75.6 Å². The molecule has 0 aliphatic rings. The van der Waals surface area contributed by atoms with Gasteiger partial charge >= 0.3 is 0 Å². The SMILES string of the molecule is Cc1ccccc1C(=O)/C(C#N)=C/c1cc(C)n(-c2nccs2)c1C. The van der Waals surface area contributed by atoms with Crippen molar-refractivity contribution in [1.29, 1.82) is 5.26 Å². The number of ketones is 1. The van der Waals surface area contributed by atoms with Gasteiger partial charge in [0, 0.05) is 28.5 Å². The summed E-state index contributed by atoms with van der Waals surface area (Å²) in [5.74, 6) is -0.250. The molecule has 25 heavy (non-hydrogen) atoms. The van der Waals surface area contributed by atoms with Gasteiger partial charge in [0.05, 0.1) is 0 Å². The Morgan fingerprint density at radius 2 is 2.04 bits per heavy atom. The van der Waals surface area contributed by atoms with E-state index in [0.717, 1.165) is 27.6 Å². The van der Waals surface area contributed by atoms with Gasteiger partial charge in [0.2, 0.25) is 5.78 Å². The minimum absolute atomic E-state index is 0.133. The van der Waals surface area contributed by atoms with Crippen LogP contribution in [0.15, 0.2) is 47.5 Å². The first-order valence-electron chi connectivity index (χ1n) is 7.84. The normalized spacial score (nSPS) is 11.4. The lowest BCUT2D eigenvalue weighted by molar-refractivity contribution is 0.103. The van der Waals surface area contributed by atoms with Gasteiger partial charge in [-0.1, -0.05) is 24.3 Å². The Morgan fingerprint density at radius 1 is 1.28 bits per heavy atom. The van der Waals surface area contributed by atoms with Crippen LogP contribution in [0.25, 0.3) is 11.2 Å². The van der Waals surface area contributed by atoms with Crippen molar-refractivity contribution in [2.24, 2.45) is 0 Å². The molecule has 3 rings (SSSR count). The van der Waals surface area contributed by atoms with Gasteiger partial charge in [-0.25, -0.2) is 4.98 Å². The molecule has 0 atom stereocenters. The van der Waals surface area contributed by atoms with Gasteiger partial charge < -0.3 is 0 Å². The summed E-state index contributed by atoms with van der Waals surface area (Å²) in [6.07, 6.45) is 3.43. The Hall–Kier alpha value is -2.97. The minimum atomic E-state index is -0.250. The maximum atomic E-state index is 12.7. The maximum Gasteiger partial charge on any atom is 0.203 e. The molecule has 2 aromatic heterocycles.